The van der Waals surface area contributed by atoms with Crippen LogP contribution in [0.5, 0.6) is 5.75 Å². The van der Waals surface area contributed by atoms with Gasteiger partial charge in [0.25, 0.3) is 0 Å². The summed E-state index contributed by atoms with van der Waals surface area (Å²) >= 11 is 0. The van der Waals surface area contributed by atoms with Crippen LogP contribution in [-0.2, 0) is 4.74 Å². The lowest BCUT2D eigenvalue weighted by atomic mass is 9.98. The van der Waals surface area contributed by atoms with E-state index in [0.29, 0.717) is 5.75 Å². The summed E-state index contributed by atoms with van der Waals surface area (Å²) in [7, 11) is 1.44. The maximum Gasteiger partial charge on any atom is 0.411 e. The standard InChI is InChI=1S/C23H19NO5/c1-28-21-11-10-14(22(25)26)12-20(21)24-23(27)29-13-19-17-8-4-2-6-15(17)16-7-3-5-9-18(16)19/h2-12,19H,13H2,1H3,(H,24,27)(H,25,26). The lowest BCUT2D eigenvalue weighted by Gasteiger charge is -2.15. The van der Waals surface area contributed by atoms with E-state index in [0.717, 1.165) is 22.3 Å². The number of ether oxygens (including phenoxy) is 2. The molecular weight excluding hydrogens is 370 g/mol. The van der Waals surface area contributed by atoms with Gasteiger partial charge in [-0.1, -0.05) is 48.5 Å². The van der Waals surface area contributed by atoms with Crippen LogP contribution in [0.25, 0.3) is 11.1 Å². The molecule has 2 N–H and O–H groups in total. The minimum Gasteiger partial charge on any atom is -0.495 e. The van der Waals surface area contributed by atoms with Crippen LogP contribution < -0.4 is 10.1 Å². The maximum absolute atomic E-state index is 12.4. The molecule has 6 nitrogen and oxygen atoms in total. The Morgan fingerprint density at radius 2 is 1.59 bits per heavy atom. The van der Waals surface area contributed by atoms with Crippen LogP contribution in [0, 0.1) is 0 Å². The van der Waals surface area contributed by atoms with E-state index in [1.807, 2.05) is 36.4 Å². The molecule has 0 aromatic heterocycles. The van der Waals surface area contributed by atoms with Gasteiger partial charge in [0.05, 0.1) is 18.4 Å². The first-order valence-corrected chi connectivity index (χ1v) is 9.12. The molecule has 0 fully saturated rings. The molecule has 0 saturated heterocycles. The smallest absolute Gasteiger partial charge is 0.411 e. The zero-order chi connectivity index (χ0) is 20.4. The summed E-state index contributed by atoms with van der Waals surface area (Å²) in [5.41, 5.74) is 4.81. The van der Waals surface area contributed by atoms with Crippen molar-refractivity contribution in [1.29, 1.82) is 0 Å². The van der Waals surface area contributed by atoms with Gasteiger partial charge in [-0.2, -0.15) is 0 Å². The van der Waals surface area contributed by atoms with Gasteiger partial charge in [0.2, 0.25) is 0 Å². The lowest BCUT2D eigenvalue weighted by Crippen LogP contribution is -2.18. The molecule has 6 heteroatoms. The molecule has 1 amide bonds. The van der Waals surface area contributed by atoms with Crippen molar-refractivity contribution in [3.63, 3.8) is 0 Å². The zero-order valence-electron chi connectivity index (χ0n) is 15.7. The van der Waals surface area contributed by atoms with Crippen LogP contribution in [0.3, 0.4) is 0 Å². The number of aromatic carboxylic acids is 1. The summed E-state index contributed by atoms with van der Waals surface area (Å²) in [6, 6.07) is 20.4. The molecule has 1 aliphatic carbocycles. The SMILES string of the molecule is COc1ccc(C(=O)O)cc1NC(=O)OCC1c2ccccc2-c2ccccc21. The predicted molar refractivity (Wildman–Crippen MR) is 109 cm³/mol. The van der Waals surface area contributed by atoms with Gasteiger partial charge < -0.3 is 14.6 Å². The maximum atomic E-state index is 12.4. The van der Waals surface area contributed by atoms with Gasteiger partial charge in [0.15, 0.2) is 0 Å². The number of methoxy groups -OCH3 is 1. The van der Waals surface area contributed by atoms with Crippen molar-refractivity contribution in [2.75, 3.05) is 19.0 Å². The van der Waals surface area contributed by atoms with Crippen molar-refractivity contribution >= 4 is 17.7 Å². The highest BCUT2D eigenvalue weighted by atomic mass is 16.5. The molecule has 0 saturated carbocycles. The molecule has 3 aromatic carbocycles. The fourth-order valence-corrected chi connectivity index (χ4v) is 3.68. The van der Waals surface area contributed by atoms with Crippen molar-refractivity contribution in [3.8, 4) is 16.9 Å². The molecule has 0 atom stereocenters. The Kier molecular flexibility index (Phi) is 4.91. The van der Waals surface area contributed by atoms with Gasteiger partial charge in [-0.15, -0.1) is 0 Å². The fourth-order valence-electron chi connectivity index (χ4n) is 3.68. The van der Waals surface area contributed by atoms with E-state index in [9.17, 15) is 9.59 Å². The van der Waals surface area contributed by atoms with Gasteiger partial charge in [-0.25, -0.2) is 9.59 Å². The average molecular weight is 389 g/mol. The van der Waals surface area contributed by atoms with Crippen molar-refractivity contribution in [2.45, 2.75) is 5.92 Å². The summed E-state index contributed by atoms with van der Waals surface area (Å²) in [6.45, 7) is 0.167. The molecule has 0 bridgehead atoms. The summed E-state index contributed by atoms with van der Waals surface area (Å²) in [5.74, 6) is -0.799. The third kappa shape index (κ3) is 3.52. The van der Waals surface area contributed by atoms with Crippen LogP contribution in [0.2, 0.25) is 0 Å². The first kappa shape index (κ1) is 18.6. The van der Waals surface area contributed by atoms with E-state index >= 15 is 0 Å². The summed E-state index contributed by atoms with van der Waals surface area (Å²) in [5, 5.41) is 11.7. The first-order chi connectivity index (χ1) is 14.1. The number of anilines is 1. The van der Waals surface area contributed by atoms with Crippen LogP contribution in [0.15, 0.2) is 66.7 Å². The van der Waals surface area contributed by atoms with Gasteiger partial charge in [0, 0.05) is 5.92 Å². The number of amides is 1. The molecule has 0 spiro atoms. The van der Waals surface area contributed by atoms with Gasteiger partial charge in [0.1, 0.15) is 12.4 Å². The minimum atomic E-state index is -1.09. The van der Waals surface area contributed by atoms with Crippen LogP contribution in [0.1, 0.15) is 27.4 Å². The molecule has 146 valence electrons. The van der Waals surface area contributed by atoms with Crippen LogP contribution in [-0.4, -0.2) is 30.9 Å². The number of benzene rings is 3. The number of hydrogen-bond acceptors (Lipinski definition) is 4. The predicted octanol–water partition coefficient (Wildman–Crippen LogP) is 4.75. The number of carbonyl (C=O) groups is 2. The second kappa shape index (κ2) is 7.67. The summed E-state index contributed by atoms with van der Waals surface area (Å²) in [4.78, 5) is 23.6. The number of hydrogen-bond donors (Lipinski definition) is 2. The Morgan fingerprint density at radius 1 is 0.966 bits per heavy atom. The Hall–Kier alpha value is -3.80. The molecule has 0 unspecified atom stereocenters. The Bertz CT molecular complexity index is 1050. The molecule has 0 aliphatic heterocycles. The van der Waals surface area contributed by atoms with E-state index in [1.165, 1.54) is 25.3 Å². The van der Waals surface area contributed by atoms with Crippen LogP contribution in [0.4, 0.5) is 10.5 Å². The zero-order valence-corrected chi connectivity index (χ0v) is 15.7. The molecule has 4 rings (SSSR count). The van der Waals surface area contributed by atoms with E-state index in [2.05, 4.69) is 17.4 Å². The van der Waals surface area contributed by atoms with E-state index < -0.39 is 12.1 Å². The van der Waals surface area contributed by atoms with E-state index in [1.54, 1.807) is 0 Å². The van der Waals surface area contributed by atoms with Crippen LogP contribution >= 0.6 is 0 Å². The normalized spacial score (nSPS) is 12.0. The number of rotatable bonds is 5. The average Bonchev–Trinajstić information content (AvgIpc) is 3.06. The van der Waals surface area contributed by atoms with Gasteiger partial charge >= 0.3 is 12.1 Å². The first-order valence-electron chi connectivity index (χ1n) is 9.12. The lowest BCUT2D eigenvalue weighted by molar-refractivity contribution is 0.0696. The van der Waals surface area contributed by atoms with E-state index in [4.69, 9.17) is 14.6 Å². The number of carboxylic acid groups (broad SMARTS) is 1. The van der Waals surface area contributed by atoms with Crippen molar-refractivity contribution in [1.82, 2.24) is 0 Å². The number of fused-ring (bicyclic) bond motifs is 3. The second-order valence-electron chi connectivity index (χ2n) is 6.67. The van der Waals surface area contributed by atoms with Crippen molar-refractivity contribution in [2.24, 2.45) is 0 Å². The molecule has 29 heavy (non-hydrogen) atoms. The van der Waals surface area contributed by atoms with Gasteiger partial charge in [-0.05, 0) is 40.5 Å². The topological polar surface area (TPSA) is 84.9 Å². The molecule has 0 heterocycles. The summed E-state index contributed by atoms with van der Waals surface area (Å²) in [6.07, 6.45) is -0.673. The number of carbonyl (C=O) groups excluding carboxylic acids is 1. The molecule has 0 radical (unpaired) electrons. The quantitative estimate of drug-likeness (QED) is 0.658. The fraction of sp³-hybridized carbons (Fsp3) is 0.130. The Balaban J connectivity index is 1.51. The van der Waals surface area contributed by atoms with E-state index in [-0.39, 0.29) is 23.8 Å². The number of carboxylic acids is 1. The minimum absolute atomic E-state index is 0.0414. The van der Waals surface area contributed by atoms with Crippen molar-refractivity contribution < 1.29 is 24.2 Å². The largest absolute Gasteiger partial charge is 0.495 e. The van der Waals surface area contributed by atoms with Crippen molar-refractivity contribution in [3.05, 3.63) is 83.4 Å². The third-order valence-corrected chi connectivity index (χ3v) is 5.03. The second-order valence-corrected chi connectivity index (χ2v) is 6.67. The third-order valence-electron chi connectivity index (χ3n) is 5.03. The van der Waals surface area contributed by atoms with Gasteiger partial charge in [-0.3, -0.25) is 5.32 Å². The highest BCUT2D eigenvalue weighted by Crippen LogP contribution is 2.44. The summed E-state index contributed by atoms with van der Waals surface area (Å²) < 4.78 is 10.7. The highest BCUT2D eigenvalue weighted by molar-refractivity contribution is 5.93. The molecular formula is C23H19NO5. The Labute approximate surface area is 167 Å². The molecule has 1 aliphatic rings. The monoisotopic (exact) mass is 389 g/mol. The molecule has 3 aromatic rings. The highest BCUT2D eigenvalue weighted by Gasteiger charge is 2.29. The Morgan fingerprint density at radius 3 is 2.17 bits per heavy atom. The number of nitrogens with one attached hydrogen (secondary N) is 1.